The first-order valence-corrected chi connectivity index (χ1v) is 8.84. The van der Waals surface area contributed by atoms with Gasteiger partial charge in [0.25, 0.3) is 0 Å². The average Bonchev–Trinajstić information content (AvgIpc) is 3.14. The normalized spacial score (nSPS) is 18.5. The minimum Gasteiger partial charge on any atom is -0.462 e. The van der Waals surface area contributed by atoms with Gasteiger partial charge in [0.2, 0.25) is 0 Å². The molecule has 0 unspecified atom stereocenters. The van der Waals surface area contributed by atoms with Crippen LogP contribution in [-0.4, -0.2) is 53.6 Å². The first-order valence-electron chi connectivity index (χ1n) is 8.84. The van der Waals surface area contributed by atoms with E-state index in [1.807, 2.05) is 44.4 Å². The maximum absolute atomic E-state index is 12.2. The standard InChI is InChI=1S/C20H22N4O4/c1-23(2)14-21-17-10-11-24(20(26)22-17)18-9-8-16(28-18)13-27-19(25)12-15-6-4-3-5-7-15/h3-11,14,16,18H,12-13H2,1-2H3/b21-14+/t16-,18+/m0/s1. The lowest BCUT2D eigenvalue weighted by Gasteiger charge is -2.16. The van der Waals surface area contributed by atoms with E-state index >= 15 is 0 Å². The van der Waals surface area contributed by atoms with Crippen LogP contribution in [0.2, 0.25) is 0 Å². The Bertz CT molecular complexity index is 921. The molecule has 8 heteroatoms. The van der Waals surface area contributed by atoms with Crippen molar-refractivity contribution in [1.82, 2.24) is 14.5 Å². The molecule has 0 saturated carbocycles. The van der Waals surface area contributed by atoms with Crippen molar-refractivity contribution in [3.8, 4) is 0 Å². The lowest BCUT2D eigenvalue weighted by molar-refractivity contribution is -0.146. The number of benzene rings is 1. The highest BCUT2D eigenvalue weighted by Gasteiger charge is 2.23. The maximum Gasteiger partial charge on any atom is 0.351 e. The molecule has 0 bridgehead atoms. The Morgan fingerprint density at radius 3 is 2.79 bits per heavy atom. The Hall–Kier alpha value is -3.26. The number of carbonyl (C=O) groups is 1. The van der Waals surface area contributed by atoms with E-state index in [1.165, 1.54) is 4.57 Å². The van der Waals surface area contributed by atoms with E-state index in [0.717, 1.165) is 5.56 Å². The largest absolute Gasteiger partial charge is 0.462 e. The second-order valence-electron chi connectivity index (χ2n) is 6.48. The highest BCUT2D eigenvalue weighted by atomic mass is 16.6. The van der Waals surface area contributed by atoms with Crippen LogP contribution in [0.1, 0.15) is 11.8 Å². The SMILES string of the molecule is CN(C)/C=N/c1ccn([C@H]2C=C[C@@H](COC(=O)Cc3ccccc3)O2)c(=O)n1. The monoisotopic (exact) mass is 382 g/mol. The number of esters is 1. The zero-order valence-corrected chi connectivity index (χ0v) is 15.8. The Kier molecular flexibility index (Phi) is 6.33. The Morgan fingerprint density at radius 2 is 2.07 bits per heavy atom. The number of aliphatic imine (C=N–C) groups is 1. The van der Waals surface area contributed by atoms with Crippen molar-refractivity contribution in [2.24, 2.45) is 4.99 Å². The van der Waals surface area contributed by atoms with Crippen molar-refractivity contribution in [3.05, 3.63) is 70.8 Å². The molecule has 28 heavy (non-hydrogen) atoms. The van der Waals surface area contributed by atoms with Gasteiger partial charge in [-0.15, -0.1) is 0 Å². The van der Waals surface area contributed by atoms with Crippen molar-refractivity contribution in [2.45, 2.75) is 18.8 Å². The summed E-state index contributed by atoms with van der Waals surface area (Å²) in [5.74, 6) is -0.00286. The van der Waals surface area contributed by atoms with Crippen molar-refractivity contribution in [3.63, 3.8) is 0 Å². The molecule has 1 aromatic heterocycles. The van der Waals surface area contributed by atoms with Gasteiger partial charge in [0.1, 0.15) is 12.7 Å². The van der Waals surface area contributed by atoms with Crippen LogP contribution >= 0.6 is 0 Å². The summed E-state index contributed by atoms with van der Waals surface area (Å²) in [5.41, 5.74) is 0.424. The fourth-order valence-corrected chi connectivity index (χ4v) is 2.57. The van der Waals surface area contributed by atoms with Gasteiger partial charge in [0, 0.05) is 20.3 Å². The number of ether oxygens (including phenoxy) is 2. The molecule has 1 aromatic carbocycles. The van der Waals surface area contributed by atoms with Crippen LogP contribution in [-0.2, 0) is 20.7 Å². The van der Waals surface area contributed by atoms with Crippen LogP contribution in [0.4, 0.5) is 5.82 Å². The van der Waals surface area contributed by atoms with Crippen molar-refractivity contribution in [2.75, 3.05) is 20.7 Å². The van der Waals surface area contributed by atoms with Crippen LogP contribution in [0.15, 0.2) is 64.5 Å². The molecule has 8 nitrogen and oxygen atoms in total. The first kappa shape index (κ1) is 19.5. The molecule has 0 amide bonds. The van der Waals surface area contributed by atoms with Gasteiger partial charge in [-0.3, -0.25) is 9.36 Å². The second kappa shape index (κ2) is 9.09. The summed E-state index contributed by atoms with van der Waals surface area (Å²) in [5, 5.41) is 0. The van der Waals surface area contributed by atoms with Crippen LogP contribution in [0, 0.1) is 0 Å². The van der Waals surface area contributed by atoms with E-state index in [2.05, 4.69) is 9.98 Å². The Labute approximate surface area is 162 Å². The lowest BCUT2D eigenvalue weighted by Crippen LogP contribution is -2.28. The molecular formula is C20H22N4O4. The van der Waals surface area contributed by atoms with Gasteiger partial charge < -0.3 is 14.4 Å². The van der Waals surface area contributed by atoms with Crippen molar-refractivity contribution >= 4 is 18.1 Å². The molecule has 0 spiro atoms. The van der Waals surface area contributed by atoms with Gasteiger partial charge in [-0.25, -0.2) is 9.79 Å². The van der Waals surface area contributed by atoms with E-state index in [1.54, 1.807) is 35.7 Å². The summed E-state index contributed by atoms with van der Waals surface area (Å²) in [4.78, 5) is 33.9. The molecule has 146 valence electrons. The molecule has 0 saturated heterocycles. The van der Waals surface area contributed by atoms with E-state index in [4.69, 9.17) is 9.47 Å². The summed E-state index contributed by atoms with van der Waals surface area (Å²) in [6, 6.07) is 11.0. The molecule has 3 rings (SSSR count). The summed E-state index contributed by atoms with van der Waals surface area (Å²) in [6.45, 7) is 0.0893. The Balaban J connectivity index is 1.52. The van der Waals surface area contributed by atoms with Crippen molar-refractivity contribution < 1.29 is 14.3 Å². The van der Waals surface area contributed by atoms with Gasteiger partial charge in [-0.05, 0) is 17.7 Å². The molecule has 0 aliphatic carbocycles. The third-order valence-electron chi connectivity index (χ3n) is 3.91. The zero-order valence-electron chi connectivity index (χ0n) is 15.8. The van der Waals surface area contributed by atoms with Gasteiger partial charge in [-0.1, -0.05) is 36.4 Å². The zero-order chi connectivity index (χ0) is 19.9. The molecule has 0 N–H and O–H groups in total. The highest BCUT2D eigenvalue weighted by Crippen LogP contribution is 2.20. The van der Waals surface area contributed by atoms with Crippen LogP contribution in [0.3, 0.4) is 0 Å². The molecule has 1 aliphatic rings. The summed E-state index contributed by atoms with van der Waals surface area (Å²) in [7, 11) is 3.66. The van der Waals surface area contributed by atoms with Gasteiger partial charge >= 0.3 is 11.7 Å². The van der Waals surface area contributed by atoms with E-state index in [9.17, 15) is 9.59 Å². The third-order valence-corrected chi connectivity index (χ3v) is 3.91. The minimum atomic E-state index is -0.593. The lowest BCUT2D eigenvalue weighted by atomic mass is 10.2. The Morgan fingerprint density at radius 1 is 1.29 bits per heavy atom. The van der Waals surface area contributed by atoms with Crippen molar-refractivity contribution in [1.29, 1.82) is 0 Å². The molecule has 0 fully saturated rings. The second-order valence-corrected chi connectivity index (χ2v) is 6.48. The number of hydrogen-bond acceptors (Lipinski definition) is 6. The topological polar surface area (TPSA) is 86.0 Å². The number of aromatic nitrogens is 2. The number of carbonyl (C=O) groups excluding carboxylic acids is 1. The summed E-state index contributed by atoms with van der Waals surface area (Å²) >= 11 is 0. The van der Waals surface area contributed by atoms with Gasteiger partial charge in [0.15, 0.2) is 12.0 Å². The number of rotatable bonds is 7. The number of hydrogen-bond donors (Lipinski definition) is 0. The predicted molar refractivity (Wildman–Crippen MR) is 104 cm³/mol. The molecule has 2 heterocycles. The highest BCUT2D eigenvalue weighted by molar-refractivity contribution is 5.72. The van der Waals surface area contributed by atoms with Gasteiger partial charge in [-0.2, -0.15) is 4.98 Å². The molecule has 1 aliphatic heterocycles. The fraction of sp³-hybridized carbons (Fsp3) is 0.300. The fourth-order valence-electron chi connectivity index (χ4n) is 2.57. The number of nitrogens with zero attached hydrogens (tertiary/aromatic N) is 4. The van der Waals surface area contributed by atoms with E-state index in [-0.39, 0.29) is 19.0 Å². The van der Waals surface area contributed by atoms with Crippen LogP contribution in [0.25, 0.3) is 0 Å². The maximum atomic E-state index is 12.2. The van der Waals surface area contributed by atoms with Crippen LogP contribution in [0.5, 0.6) is 0 Å². The molecule has 0 radical (unpaired) electrons. The predicted octanol–water partition coefficient (Wildman–Crippen LogP) is 1.70. The minimum absolute atomic E-state index is 0.0893. The van der Waals surface area contributed by atoms with Crippen LogP contribution < -0.4 is 5.69 Å². The summed E-state index contributed by atoms with van der Waals surface area (Å²) in [6.07, 6.45) is 5.85. The average molecular weight is 382 g/mol. The van der Waals surface area contributed by atoms with E-state index < -0.39 is 18.0 Å². The third kappa shape index (κ3) is 5.37. The molecular weight excluding hydrogens is 360 g/mol. The molecule has 2 atom stereocenters. The van der Waals surface area contributed by atoms with Gasteiger partial charge in [0.05, 0.1) is 12.8 Å². The molecule has 2 aromatic rings. The quantitative estimate of drug-likeness (QED) is 0.314. The smallest absolute Gasteiger partial charge is 0.351 e. The summed E-state index contributed by atoms with van der Waals surface area (Å²) < 4.78 is 12.4. The first-order chi connectivity index (χ1) is 13.5. The van der Waals surface area contributed by atoms with E-state index in [0.29, 0.717) is 5.82 Å².